The second kappa shape index (κ2) is 7.24. The largest absolute Gasteiger partial charge is 0.294 e. The molecule has 0 fully saturated rings. The molecule has 1 aromatic rings. The van der Waals surface area contributed by atoms with E-state index in [1.807, 2.05) is 18.2 Å². The molecule has 0 aliphatic heterocycles. The Morgan fingerprint density at radius 1 is 1.25 bits per heavy atom. The number of halogens is 1. The summed E-state index contributed by atoms with van der Waals surface area (Å²) in [5.41, 5.74) is 0.646. The lowest BCUT2D eigenvalue weighted by Gasteiger charge is -2.02. The van der Waals surface area contributed by atoms with E-state index in [2.05, 4.69) is 6.58 Å². The average molecular weight is 237 g/mol. The van der Waals surface area contributed by atoms with Crippen LogP contribution in [0.1, 0.15) is 42.5 Å². The lowest BCUT2D eigenvalue weighted by Crippen LogP contribution is -1.99. The average Bonchev–Trinajstić information content (AvgIpc) is 2.29. The third kappa shape index (κ3) is 4.19. The maximum Gasteiger partial charge on any atom is 0.164 e. The van der Waals surface area contributed by atoms with Gasteiger partial charge in [0.2, 0.25) is 0 Å². The van der Waals surface area contributed by atoms with Crippen molar-refractivity contribution in [2.75, 3.05) is 0 Å². The van der Waals surface area contributed by atoms with Gasteiger partial charge in [0.05, 0.1) is 5.02 Å². The summed E-state index contributed by atoms with van der Waals surface area (Å²) in [5, 5.41) is 0.554. The van der Waals surface area contributed by atoms with Crippen LogP contribution in [0.15, 0.2) is 36.9 Å². The standard InChI is InChI=1S/C14H17ClO/c1-2-3-4-5-6-11-14(16)12-9-7-8-10-13(12)15/h2,7-10H,1,3-6,11H2. The van der Waals surface area contributed by atoms with Gasteiger partial charge in [0.15, 0.2) is 5.78 Å². The van der Waals surface area contributed by atoms with E-state index in [-0.39, 0.29) is 5.78 Å². The molecule has 0 atom stereocenters. The Labute approximate surface area is 102 Å². The summed E-state index contributed by atoms with van der Waals surface area (Å²) in [6, 6.07) is 7.22. The van der Waals surface area contributed by atoms with Gasteiger partial charge in [-0.1, -0.05) is 36.2 Å². The molecule has 0 saturated carbocycles. The Bertz CT molecular complexity index is 358. The molecule has 0 saturated heterocycles. The number of unbranched alkanes of at least 4 members (excludes halogenated alkanes) is 3. The molecule has 16 heavy (non-hydrogen) atoms. The van der Waals surface area contributed by atoms with Gasteiger partial charge in [0, 0.05) is 12.0 Å². The molecule has 1 nitrogen and oxygen atoms in total. The van der Waals surface area contributed by atoms with E-state index in [0.717, 1.165) is 25.7 Å². The minimum atomic E-state index is 0.143. The van der Waals surface area contributed by atoms with Gasteiger partial charge in [-0.05, 0) is 31.4 Å². The Hall–Kier alpha value is -1.08. The van der Waals surface area contributed by atoms with Crippen molar-refractivity contribution in [2.24, 2.45) is 0 Å². The van der Waals surface area contributed by atoms with E-state index < -0.39 is 0 Å². The topological polar surface area (TPSA) is 17.1 Å². The molecular weight excluding hydrogens is 220 g/mol. The van der Waals surface area contributed by atoms with E-state index in [1.165, 1.54) is 0 Å². The third-order valence-electron chi connectivity index (χ3n) is 2.49. The molecule has 0 aliphatic carbocycles. The van der Waals surface area contributed by atoms with Crippen molar-refractivity contribution in [1.29, 1.82) is 0 Å². The third-order valence-corrected chi connectivity index (χ3v) is 2.82. The van der Waals surface area contributed by atoms with Crippen molar-refractivity contribution in [2.45, 2.75) is 32.1 Å². The van der Waals surface area contributed by atoms with E-state index in [9.17, 15) is 4.79 Å². The molecule has 0 aromatic heterocycles. The Morgan fingerprint density at radius 3 is 2.69 bits per heavy atom. The number of Topliss-reactive ketones (excluding diaryl/α,β-unsaturated/α-hetero) is 1. The number of rotatable bonds is 7. The van der Waals surface area contributed by atoms with Crippen LogP contribution in [0.25, 0.3) is 0 Å². The predicted molar refractivity (Wildman–Crippen MR) is 69.1 cm³/mol. The van der Waals surface area contributed by atoms with Crippen molar-refractivity contribution < 1.29 is 4.79 Å². The zero-order chi connectivity index (χ0) is 11.8. The fraction of sp³-hybridized carbons (Fsp3) is 0.357. The Balaban J connectivity index is 2.36. The second-order valence-electron chi connectivity index (χ2n) is 3.79. The van der Waals surface area contributed by atoms with Crippen LogP contribution in [-0.2, 0) is 0 Å². The van der Waals surface area contributed by atoms with Crippen LogP contribution in [-0.4, -0.2) is 5.78 Å². The highest BCUT2D eigenvalue weighted by Gasteiger charge is 2.08. The van der Waals surface area contributed by atoms with Gasteiger partial charge in [-0.2, -0.15) is 0 Å². The van der Waals surface area contributed by atoms with Crippen molar-refractivity contribution >= 4 is 17.4 Å². The number of ketones is 1. The Morgan fingerprint density at radius 2 is 2.00 bits per heavy atom. The number of carbonyl (C=O) groups excluding carboxylic acids is 1. The first kappa shape index (κ1) is 13.0. The molecule has 2 heteroatoms. The van der Waals surface area contributed by atoms with E-state index >= 15 is 0 Å². The van der Waals surface area contributed by atoms with Crippen LogP contribution in [0, 0.1) is 0 Å². The molecular formula is C14H17ClO. The number of allylic oxidation sites excluding steroid dienone is 1. The van der Waals surface area contributed by atoms with E-state index in [4.69, 9.17) is 11.6 Å². The smallest absolute Gasteiger partial charge is 0.164 e. The summed E-state index contributed by atoms with van der Waals surface area (Å²) in [6.45, 7) is 3.67. The number of benzene rings is 1. The molecule has 1 aromatic carbocycles. The maximum absolute atomic E-state index is 11.8. The van der Waals surface area contributed by atoms with Crippen LogP contribution >= 0.6 is 11.6 Å². The number of hydrogen-bond acceptors (Lipinski definition) is 1. The highest BCUT2D eigenvalue weighted by Crippen LogP contribution is 2.18. The first-order valence-corrected chi connectivity index (χ1v) is 6.02. The monoisotopic (exact) mass is 236 g/mol. The van der Waals surface area contributed by atoms with Gasteiger partial charge in [-0.3, -0.25) is 4.79 Å². The summed E-state index contributed by atoms with van der Waals surface area (Å²) in [7, 11) is 0. The van der Waals surface area contributed by atoms with Crippen LogP contribution < -0.4 is 0 Å². The van der Waals surface area contributed by atoms with Gasteiger partial charge in [0.25, 0.3) is 0 Å². The summed E-state index contributed by atoms with van der Waals surface area (Å²) in [5.74, 6) is 0.143. The van der Waals surface area contributed by atoms with Crippen LogP contribution in [0.5, 0.6) is 0 Å². The summed E-state index contributed by atoms with van der Waals surface area (Å²) >= 11 is 5.95. The number of carbonyl (C=O) groups is 1. The minimum absolute atomic E-state index is 0.143. The molecule has 0 heterocycles. The lowest BCUT2D eigenvalue weighted by atomic mass is 10.0. The zero-order valence-corrected chi connectivity index (χ0v) is 10.2. The van der Waals surface area contributed by atoms with Crippen molar-refractivity contribution in [3.05, 3.63) is 47.5 Å². The summed E-state index contributed by atoms with van der Waals surface area (Å²) in [4.78, 5) is 11.8. The fourth-order valence-corrected chi connectivity index (χ4v) is 1.81. The molecule has 0 aliphatic rings. The normalized spacial score (nSPS) is 10.1. The van der Waals surface area contributed by atoms with Gasteiger partial charge >= 0.3 is 0 Å². The number of hydrogen-bond donors (Lipinski definition) is 0. The first-order valence-electron chi connectivity index (χ1n) is 5.64. The molecule has 0 N–H and O–H groups in total. The summed E-state index contributed by atoms with van der Waals surface area (Å²) < 4.78 is 0. The molecule has 0 radical (unpaired) electrons. The minimum Gasteiger partial charge on any atom is -0.294 e. The van der Waals surface area contributed by atoms with Gasteiger partial charge in [-0.25, -0.2) is 0 Å². The molecule has 0 amide bonds. The fourth-order valence-electron chi connectivity index (χ4n) is 1.57. The first-order chi connectivity index (χ1) is 7.75. The van der Waals surface area contributed by atoms with Gasteiger partial charge < -0.3 is 0 Å². The van der Waals surface area contributed by atoms with Gasteiger partial charge in [0.1, 0.15) is 0 Å². The van der Waals surface area contributed by atoms with Crippen LogP contribution in [0.4, 0.5) is 0 Å². The van der Waals surface area contributed by atoms with Crippen molar-refractivity contribution in [1.82, 2.24) is 0 Å². The van der Waals surface area contributed by atoms with E-state index in [0.29, 0.717) is 17.0 Å². The van der Waals surface area contributed by atoms with Crippen molar-refractivity contribution in [3.63, 3.8) is 0 Å². The van der Waals surface area contributed by atoms with Crippen molar-refractivity contribution in [3.8, 4) is 0 Å². The quantitative estimate of drug-likeness (QED) is 0.382. The molecule has 1 rings (SSSR count). The molecule has 0 spiro atoms. The molecule has 0 unspecified atom stereocenters. The predicted octanol–water partition coefficient (Wildman–Crippen LogP) is 4.66. The zero-order valence-electron chi connectivity index (χ0n) is 9.42. The Kier molecular flexibility index (Phi) is 5.87. The summed E-state index contributed by atoms with van der Waals surface area (Å²) in [6.07, 6.45) is 6.64. The highest BCUT2D eigenvalue weighted by atomic mass is 35.5. The SMILES string of the molecule is C=CCCCCCC(=O)c1ccccc1Cl. The van der Waals surface area contributed by atoms with E-state index in [1.54, 1.807) is 12.1 Å². The lowest BCUT2D eigenvalue weighted by molar-refractivity contribution is 0.0979. The second-order valence-corrected chi connectivity index (χ2v) is 4.20. The molecule has 0 bridgehead atoms. The van der Waals surface area contributed by atoms with Gasteiger partial charge in [-0.15, -0.1) is 6.58 Å². The highest BCUT2D eigenvalue weighted by molar-refractivity contribution is 6.33. The van der Waals surface area contributed by atoms with Crippen LogP contribution in [0.3, 0.4) is 0 Å². The van der Waals surface area contributed by atoms with Crippen LogP contribution in [0.2, 0.25) is 5.02 Å². The maximum atomic E-state index is 11.8. The molecule has 86 valence electrons.